The quantitative estimate of drug-likeness (QED) is 0.869. The lowest BCUT2D eigenvalue weighted by atomic mass is 10.2. The number of sulfone groups is 1. The number of carbonyl (C=O) groups excluding carboxylic acids is 1. The summed E-state index contributed by atoms with van der Waals surface area (Å²) < 4.78 is 24.5. The van der Waals surface area contributed by atoms with Gasteiger partial charge in [0.2, 0.25) is 5.91 Å². The third-order valence-corrected chi connectivity index (χ3v) is 6.78. The molecule has 0 aliphatic carbocycles. The van der Waals surface area contributed by atoms with E-state index in [1.165, 1.54) is 11.3 Å². The van der Waals surface area contributed by atoms with Gasteiger partial charge in [-0.2, -0.15) is 0 Å². The minimum atomic E-state index is -3.35. The molecule has 110 valence electrons. The summed E-state index contributed by atoms with van der Waals surface area (Å²) in [5, 5.41) is 1.73. The number of rotatable bonds is 4. The number of para-hydroxylation sites is 1. The highest BCUT2D eigenvalue weighted by atomic mass is 32.2. The molecule has 4 nitrogen and oxygen atoms in total. The summed E-state index contributed by atoms with van der Waals surface area (Å²) in [5.41, 5.74) is 2.06. The maximum absolute atomic E-state index is 12.3. The van der Waals surface area contributed by atoms with Gasteiger partial charge in [0.05, 0.1) is 5.75 Å². The molecule has 3 rings (SSSR count). The molecule has 0 atom stereocenters. The zero-order valence-corrected chi connectivity index (χ0v) is 13.0. The number of thiophene rings is 1. The maximum Gasteiger partial charge on any atom is 0.228 e. The Morgan fingerprint density at radius 2 is 2.00 bits per heavy atom. The van der Waals surface area contributed by atoms with Crippen LogP contribution in [0.2, 0.25) is 0 Å². The number of hydrogen-bond acceptors (Lipinski definition) is 4. The highest BCUT2D eigenvalue weighted by Gasteiger charge is 2.26. The summed E-state index contributed by atoms with van der Waals surface area (Å²) in [5.74, 6) is -0.259. The molecule has 0 fully saturated rings. The van der Waals surface area contributed by atoms with Crippen molar-refractivity contribution in [3.8, 4) is 0 Å². The molecule has 2 heterocycles. The molecule has 0 N–H and O–H groups in total. The van der Waals surface area contributed by atoms with E-state index in [2.05, 4.69) is 0 Å². The first-order valence-electron chi connectivity index (χ1n) is 6.72. The monoisotopic (exact) mass is 321 g/mol. The summed E-state index contributed by atoms with van der Waals surface area (Å²) >= 11 is 1.19. The number of benzene rings is 1. The molecule has 1 aliphatic heterocycles. The third-order valence-electron chi connectivity index (χ3n) is 3.57. The average Bonchev–Trinajstić information content (AvgIpc) is 3.14. The van der Waals surface area contributed by atoms with E-state index < -0.39 is 9.84 Å². The Balaban J connectivity index is 1.69. The standard InChI is InChI=1S/C15H15NO3S2/c17-14(8-11-21(18,19)15-6-3-10-20-15)16-9-7-12-4-1-2-5-13(12)16/h1-6,10H,7-9,11H2. The second-order valence-corrected chi connectivity index (χ2v) is 8.21. The van der Waals surface area contributed by atoms with E-state index in [1.54, 1.807) is 22.4 Å². The molecule has 21 heavy (non-hydrogen) atoms. The molecular weight excluding hydrogens is 306 g/mol. The van der Waals surface area contributed by atoms with Crippen LogP contribution in [0.1, 0.15) is 12.0 Å². The minimum absolute atomic E-state index is 0.0224. The molecule has 1 aromatic carbocycles. The number of anilines is 1. The second kappa shape index (κ2) is 5.61. The molecule has 1 aliphatic rings. The zero-order valence-electron chi connectivity index (χ0n) is 11.4. The van der Waals surface area contributed by atoms with Crippen molar-refractivity contribution in [2.24, 2.45) is 0 Å². The lowest BCUT2D eigenvalue weighted by Crippen LogP contribution is -2.30. The smallest absolute Gasteiger partial charge is 0.228 e. The first kappa shape index (κ1) is 14.3. The van der Waals surface area contributed by atoms with Crippen molar-refractivity contribution in [3.63, 3.8) is 0 Å². The molecule has 0 radical (unpaired) electrons. The molecule has 2 aromatic rings. The summed E-state index contributed by atoms with van der Waals surface area (Å²) in [7, 11) is -3.35. The highest BCUT2D eigenvalue weighted by molar-refractivity contribution is 7.93. The Bertz CT molecular complexity index is 751. The lowest BCUT2D eigenvalue weighted by Gasteiger charge is -2.17. The Hall–Kier alpha value is -1.66. The number of nitrogens with zero attached hydrogens (tertiary/aromatic N) is 1. The van der Waals surface area contributed by atoms with Gasteiger partial charge < -0.3 is 4.90 Å². The average molecular weight is 321 g/mol. The van der Waals surface area contributed by atoms with Crippen LogP contribution in [0, 0.1) is 0 Å². The van der Waals surface area contributed by atoms with Crippen molar-refractivity contribution in [1.29, 1.82) is 0 Å². The van der Waals surface area contributed by atoms with Crippen molar-refractivity contribution >= 4 is 32.8 Å². The summed E-state index contributed by atoms with van der Waals surface area (Å²) in [6.07, 6.45) is 0.855. The Morgan fingerprint density at radius 3 is 2.76 bits per heavy atom. The van der Waals surface area contributed by atoms with Crippen LogP contribution < -0.4 is 4.90 Å². The summed E-state index contributed by atoms with van der Waals surface area (Å²) in [4.78, 5) is 14.0. The van der Waals surface area contributed by atoms with Gasteiger partial charge in [-0.05, 0) is 29.5 Å². The first-order valence-corrected chi connectivity index (χ1v) is 9.26. The molecule has 1 amide bonds. The van der Waals surface area contributed by atoms with E-state index in [0.29, 0.717) is 10.8 Å². The lowest BCUT2D eigenvalue weighted by molar-refractivity contribution is -0.118. The molecule has 0 bridgehead atoms. The molecule has 1 aromatic heterocycles. The normalized spacial score (nSPS) is 14.2. The van der Waals surface area contributed by atoms with E-state index in [0.717, 1.165) is 17.7 Å². The van der Waals surface area contributed by atoms with Crippen LogP contribution in [0.3, 0.4) is 0 Å². The fourth-order valence-electron chi connectivity index (χ4n) is 2.49. The predicted molar refractivity (Wildman–Crippen MR) is 83.5 cm³/mol. The predicted octanol–water partition coefficient (Wildman–Crippen LogP) is 2.50. The number of hydrogen-bond donors (Lipinski definition) is 0. The van der Waals surface area contributed by atoms with Gasteiger partial charge in [0, 0.05) is 18.7 Å². The molecular formula is C15H15NO3S2. The molecule has 0 spiro atoms. The van der Waals surface area contributed by atoms with E-state index in [9.17, 15) is 13.2 Å². The van der Waals surface area contributed by atoms with Crippen LogP contribution in [-0.2, 0) is 21.1 Å². The van der Waals surface area contributed by atoms with E-state index in [1.807, 2.05) is 24.3 Å². The van der Waals surface area contributed by atoms with Crippen molar-refractivity contribution in [2.75, 3.05) is 17.2 Å². The van der Waals surface area contributed by atoms with Gasteiger partial charge in [0.1, 0.15) is 4.21 Å². The summed E-state index contributed by atoms with van der Waals surface area (Å²) in [6, 6.07) is 11.0. The topological polar surface area (TPSA) is 54.5 Å². The van der Waals surface area contributed by atoms with Crippen LogP contribution in [0.5, 0.6) is 0 Å². The van der Waals surface area contributed by atoms with Crippen molar-refractivity contribution in [3.05, 3.63) is 47.3 Å². The SMILES string of the molecule is O=C(CCS(=O)(=O)c1cccs1)N1CCc2ccccc21. The van der Waals surface area contributed by atoms with Gasteiger partial charge in [0.15, 0.2) is 9.84 Å². The van der Waals surface area contributed by atoms with Crippen LogP contribution in [0.4, 0.5) is 5.69 Å². The van der Waals surface area contributed by atoms with Gasteiger partial charge in [-0.3, -0.25) is 4.79 Å². The Kier molecular flexibility index (Phi) is 3.82. The van der Waals surface area contributed by atoms with Gasteiger partial charge in [-0.15, -0.1) is 11.3 Å². The second-order valence-electron chi connectivity index (χ2n) is 4.93. The molecule has 0 saturated heterocycles. The first-order chi connectivity index (χ1) is 10.1. The van der Waals surface area contributed by atoms with Crippen molar-refractivity contribution in [1.82, 2.24) is 0 Å². The van der Waals surface area contributed by atoms with Crippen molar-refractivity contribution < 1.29 is 13.2 Å². The molecule has 0 saturated carbocycles. The van der Waals surface area contributed by atoms with Crippen LogP contribution in [0.15, 0.2) is 46.0 Å². The van der Waals surface area contributed by atoms with Crippen LogP contribution >= 0.6 is 11.3 Å². The van der Waals surface area contributed by atoms with Gasteiger partial charge in [0.25, 0.3) is 0 Å². The third kappa shape index (κ3) is 2.87. The maximum atomic E-state index is 12.3. The molecule has 0 unspecified atom stereocenters. The van der Waals surface area contributed by atoms with Crippen LogP contribution in [-0.4, -0.2) is 26.6 Å². The number of carbonyl (C=O) groups is 1. The van der Waals surface area contributed by atoms with Crippen molar-refractivity contribution in [2.45, 2.75) is 17.1 Å². The van der Waals surface area contributed by atoms with E-state index in [4.69, 9.17) is 0 Å². The van der Waals surface area contributed by atoms with Gasteiger partial charge in [-0.25, -0.2) is 8.42 Å². The van der Waals surface area contributed by atoms with E-state index >= 15 is 0 Å². The fourth-order valence-corrected chi connectivity index (χ4v) is 4.88. The van der Waals surface area contributed by atoms with Gasteiger partial charge in [-0.1, -0.05) is 24.3 Å². The Morgan fingerprint density at radius 1 is 1.19 bits per heavy atom. The van der Waals surface area contributed by atoms with Crippen LogP contribution in [0.25, 0.3) is 0 Å². The number of fused-ring (bicyclic) bond motifs is 1. The number of amides is 1. The zero-order chi connectivity index (χ0) is 14.9. The molecule has 6 heteroatoms. The fraction of sp³-hybridized carbons (Fsp3) is 0.267. The highest BCUT2D eigenvalue weighted by Crippen LogP contribution is 2.28. The minimum Gasteiger partial charge on any atom is -0.312 e. The largest absolute Gasteiger partial charge is 0.312 e. The van der Waals surface area contributed by atoms with E-state index in [-0.39, 0.29) is 18.1 Å². The summed E-state index contributed by atoms with van der Waals surface area (Å²) in [6.45, 7) is 0.636. The van der Waals surface area contributed by atoms with Gasteiger partial charge >= 0.3 is 0 Å². The Labute approximate surface area is 127 Å².